The molecular weight excluding hydrogens is 322 g/mol. The highest BCUT2D eigenvalue weighted by molar-refractivity contribution is 7.16. The van der Waals surface area contributed by atoms with E-state index in [1.54, 1.807) is 17.4 Å². The minimum atomic E-state index is -0.820. The van der Waals surface area contributed by atoms with E-state index in [4.69, 9.17) is 4.74 Å². The molecule has 0 amide bonds. The summed E-state index contributed by atoms with van der Waals surface area (Å²) in [4.78, 5) is 26.3. The SMILES string of the molecule is CN(C)C=Nc1ncc2sc(=O)n(C3CC(O)C(CO)O3)c2n1. The van der Waals surface area contributed by atoms with Gasteiger partial charge in [-0.15, -0.1) is 0 Å². The zero-order chi connectivity index (χ0) is 16.6. The fourth-order valence-corrected chi connectivity index (χ4v) is 3.18. The number of hydrogen-bond donors (Lipinski definition) is 2. The van der Waals surface area contributed by atoms with Gasteiger partial charge in [0.15, 0.2) is 5.65 Å². The van der Waals surface area contributed by atoms with Gasteiger partial charge < -0.3 is 19.8 Å². The van der Waals surface area contributed by atoms with Crippen molar-refractivity contribution in [1.82, 2.24) is 19.4 Å². The summed E-state index contributed by atoms with van der Waals surface area (Å²) in [5, 5.41) is 19.0. The van der Waals surface area contributed by atoms with Gasteiger partial charge >= 0.3 is 4.87 Å². The monoisotopic (exact) mass is 339 g/mol. The summed E-state index contributed by atoms with van der Waals surface area (Å²) in [5.41, 5.74) is 0.414. The molecule has 0 aromatic carbocycles. The zero-order valence-electron chi connectivity index (χ0n) is 12.7. The Morgan fingerprint density at radius 2 is 2.39 bits per heavy atom. The summed E-state index contributed by atoms with van der Waals surface area (Å²) in [6, 6.07) is 0. The summed E-state index contributed by atoms with van der Waals surface area (Å²) in [5.74, 6) is 0.231. The molecule has 23 heavy (non-hydrogen) atoms. The van der Waals surface area contributed by atoms with Gasteiger partial charge in [-0.1, -0.05) is 11.3 Å². The van der Waals surface area contributed by atoms with Crippen molar-refractivity contribution in [3.63, 3.8) is 0 Å². The van der Waals surface area contributed by atoms with E-state index in [1.807, 2.05) is 14.1 Å². The second kappa shape index (κ2) is 6.32. The number of aliphatic imine (C=N–C) groups is 1. The summed E-state index contributed by atoms with van der Waals surface area (Å²) in [7, 11) is 3.65. The Hall–Kier alpha value is -1.88. The molecule has 0 saturated carbocycles. The molecule has 1 aliphatic rings. The van der Waals surface area contributed by atoms with E-state index in [2.05, 4.69) is 15.0 Å². The lowest BCUT2D eigenvalue weighted by atomic mass is 10.2. The number of aromatic nitrogens is 3. The fraction of sp³-hybridized carbons (Fsp3) is 0.538. The Kier molecular flexibility index (Phi) is 4.39. The third kappa shape index (κ3) is 3.11. The van der Waals surface area contributed by atoms with Crippen molar-refractivity contribution in [3.05, 3.63) is 15.9 Å². The van der Waals surface area contributed by atoms with Crippen LogP contribution in [0.25, 0.3) is 10.3 Å². The molecule has 3 heterocycles. The van der Waals surface area contributed by atoms with E-state index in [-0.39, 0.29) is 23.8 Å². The van der Waals surface area contributed by atoms with Crippen LogP contribution in [-0.2, 0) is 4.74 Å². The van der Waals surface area contributed by atoms with Gasteiger partial charge in [0.2, 0.25) is 0 Å². The van der Waals surface area contributed by atoms with Gasteiger partial charge in [-0.25, -0.2) is 9.98 Å². The Balaban J connectivity index is 2.01. The second-order valence-electron chi connectivity index (χ2n) is 5.42. The normalized spacial score (nSPS) is 24.8. The van der Waals surface area contributed by atoms with Crippen molar-refractivity contribution in [2.45, 2.75) is 24.9 Å². The molecule has 10 heteroatoms. The van der Waals surface area contributed by atoms with Crippen LogP contribution in [0.1, 0.15) is 12.6 Å². The number of aliphatic hydroxyl groups excluding tert-OH is 2. The molecule has 3 atom stereocenters. The zero-order valence-corrected chi connectivity index (χ0v) is 13.5. The first kappa shape index (κ1) is 16.0. The standard InChI is InChI=1S/C13H17N5O4S/c1-17(2)6-15-12-14-4-9-11(16-12)18(13(21)23-9)10-3-7(20)8(5-19)22-10/h4,6-8,10,19-20H,3,5H2,1-2H3. The van der Waals surface area contributed by atoms with Crippen LogP contribution in [0.4, 0.5) is 5.95 Å². The molecule has 124 valence electrons. The molecule has 1 saturated heterocycles. The minimum absolute atomic E-state index is 0.220. The number of thiazole rings is 1. The number of ether oxygens (including phenoxy) is 1. The maximum absolute atomic E-state index is 12.2. The van der Waals surface area contributed by atoms with Gasteiger partial charge in [-0.3, -0.25) is 9.36 Å². The second-order valence-corrected chi connectivity index (χ2v) is 6.41. The van der Waals surface area contributed by atoms with Gasteiger partial charge in [-0.2, -0.15) is 4.98 Å². The van der Waals surface area contributed by atoms with E-state index >= 15 is 0 Å². The molecule has 0 bridgehead atoms. The molecule has 3 unspecified atom stereocenters. The number of rotatable bonds is 4. The van der Waals surface area contributed by atoms with Crippen LogP contribution in [0.5, 0.6) is 0 Å². The summed E-state index contributed by atoms with van der Waals surface area (Å²) >= 11 is 1.00. The largest absolute Gasteiger partial charge is 0.394 e. The predicted octanol–water partition coefficient (Wildman–Crippen LogP) is -0.285. The molecule has 9 nitrogen and oxygen atoms in total. The molecular formula is C13H17N5O4S. The van der Waals surface area contributed by atoms with Crippen molar-refractivity contribution in [2.24, 2.45) is 4.99 Å². The molecule has 2 N–H and O–H groups in total. The van der Waals surface area contributed by atoms with Crippen molar-refractivity contribution in [1.29, 1.82) is 0 Å². The van der Waals surface area contributed by atoms with Gasteiger partial charge in [0.05, 0.1) is 29.9 Å². The Bertz CT molecular complexity index is 786. The first-order valence-corrected chi connectivity index (χ1v) is 7.84. The maximum Gasteiger partial charge on any atom is 0.311 e. The van der Waals surface area contributed by atoms with Gasteiger partial charge in [0.1, 0.15) is 12.3 Å². The van der Waals surface area contributed by atoms with Crippen molar-refractivity contribution in [2.75, 3.05) is 20.7 Å². The fourth-order valence-electron chi connectivity index (χ4n) is 2.35. The lowest BCUT2D eigenvalue weighted by Gasteiger charge is -2.13. The third-order valence-corrected chi connectivity index (χ3v) is 4.30. The molecule has 2 aromatic heterocycles. The quantitative estimate of drug-likeness (QED) is 0.581. The van der Waals surface area contributed by atoms with Crippen LogP contribution in [0, 0.1) is 0 Å². The number of fused-ring (bicyclic) bond motifs is 1. The number of hydrogen-bond acceptors (Lipinski definition) is 8. The molecule has 0 spiro atoms. The van der Waals surface area contributed by atoms with Crippen molar-refractivity contribution >= 4 is 34.0 Å². The van der Waals surface area contributed by atoms with E-state index in [0.29, 0.717) is 10.3 Å². The lowest BCUT2D eigenvalue weighted by Crippen LogP contribution is -2.24. The van der Waals surface area contributed by atoms with E-state index in [9.17, 15) is 15.0 Å². The molecule has 1 fully saturated rings. The topological polar surface area (TPSA) is 113 Å². The third-order valence-electron chi connectivity index (χ3n) is 3.42. The maximum atomic E-state index is 12.2. The number of aliphatic hydroxyl groups is 2. The minimum Gasteiger partial charge on any atom is -0.394 e. The van der Waals surface area contributed by atoms with Gasteiger partial charge in [-0.05, 0) is 0 Å². The van der Waals surface area contributed by atoms with Crippen LogP contribution < -0.4 is 4.87 Å². The first-order chi connectivity index (χ1) is 11.0. The van der Waals surface area contributed by atoms with Crippen LogP contribution >= 0.6 is 11.3 Å². The highest BCUT2D eigenvalue weighted by atomic mass is 32.1. The first-order valence-electron chi connectivity index (χ1n) is 7.02. The predicted molar refractivity (Wildman–Crippen MR) is 85.1 cm³/mol. The van der Waals surface area contributed by atoms with Gasteiger partial charge in [0.25, 0.3) is 5.95 Å². The molecule has 0 aliphatic carbocycles. The Morgan fingerprint density at radius 3 is 3.04 bits per heavy atom. The van der Waals surface area contributed by atoms with Crippen molar-refractivity contribution < 1.29 is 14.9 Å². The average molecular weight is 339 g/mol. The summed E-state index contributed by atoms with van der Waals surface area (Å²) in [6.07, 6.45) is 1.14. The van der Waals surface area contributed by atoms with Gasteiger partial charge in [0, 0.05) is 20.5 Å². The van der Waals surface area contributed by atoms with Crippen molar-refractivity contribution in [3.8, 4) is 0 Å². The van der Waals surface area contributed by atoms with E-state index < -0.39 is 18.4 Å². The molecule has 2 aromatic rings. The average Bonchev–Trinajstić information content (AvgIpc) is 3.03. The van der Waals surface area contributed by atoms with Crippen LogP contribution in [0.2, 0.25) is 0 Å². The number of nitrogens with zero attached hydrogens (tertiary/aromatic N) is 5. The van der Waals surface area contributed by atoms with Crippen LogP contribution in [-0.4, -0.2) is 68.9 Å². The summed E-state index contributed by atoms with van der Waals surface area (Å²) in [6.45, 7) is -0.304. The smallest absolute Gasteiger partial charge is 0.311 e. The van der Waals surface area contributed by atoms with E-state index in [1.165, 1.54) is 4.57 Å². The molecule has 3 rings (SSSR count). The Labute approximate surface area is 135 Å². The highest BCUT2D eigenvalue weighted by Gasteiger charge is 2.36. The Morgan fingerprint density at radius 1 is 1.61 bits per heavy atom. The highest BCUT2D eigenvalue weighted by Crippen LogP contribution is 2.31. The van der Waals surface area contributed by atoms with Crippen LogP contribution in [0.15, 0.2) is 16.0 Å². The van der Waals surface area contributed by atoms with E-state index in [0.717, 1.165) is 11.3 Å². The molecule has 1 aliphatic heterocycles. The van der Waals surface area contributed by atoms with Crippen LogP contribution in [0.3, 0.4) is 0 Å². The molecule has 0 radical (unpaired) electrons. The lowest BCUT2D eigenvalue weighted by molar-refractivity contribution is -0.0437. The summed E-state index contributed by atoms with van der Waals surface area (Å²) < 4.78 is 7.56.